The molecule has 0 spiro atoms. The minimum Gasteiger partial charge on any atom is -0.480 e. The summed E-state index contributed by atoms with van der Waals surface area (Å²) in [5.74, 6) is 0.282. The zero-order valence-electron chi connectivity index (χ0n) is 11.8. The second kappa shape index (κ2) is 5.18. The van der Waals surface area contributed by atoms with Crippen molar-refractivity contribution in [2.45, 2.75) is 38.6 Å². The molecule has 0 aliphatic heterocycles. The second-order valence-electron chi connectivity index (χ2n) is 5.90. The number of carbonyl (C=O) groups is 1. The van der Waals surface area contributed by atoms with Gasteiger partial charge in [-0.15, -0.1) is 0 Å². The van der Waals surface area contributed by atoms with Crippen LogP contribution in [-0.2, 0) is 4.79 Å². The van der Waals surface area contributed by atoms with Gasteiger partial charge in [0.15, 0.2) is 0 Å². The molecule has 1 unspecified atom stereocenters. The summed E-state index contributed by atoms with van der Waals surface area (Å²) in [5, 5.41) is 10.5. The van der Waals surface area contributed by atoms with E-state index in [2.05, 4.69) is 4.98 Å². The lowest BCUT2D eigenvalue weighted by Crippen LogP contribution is -2.25. The highest BCUT2D eigenvalue weighted by Crippen LogP contribution is 2.43. The molecule has 6 heteroatoms. The molecule has 1 aromatic carbocycles. The fourth-order valence-electron chi connectivity index (χ4n) is 2.72. The molecule has 1 aliphatic carbocycles. The number of aromatic nitrogens is 2. The second-order valence-corrected chi connectivity index (χ2v) is 6.71. The average molecular weight is 327 g/mol. The molecule has 0 radical (unpaired) electrons. The number of imidazole rings is 1. The number of hydrogen-bond donors (Lipinski definition) is 1. The van der Waals surface area contributed by atoms with Gasteiger partial charge >= 0.3 is 5.97 Å². The third-order valence-electron chi connectivity index (χ3n) is 3.86. The quantitative estimate of drug-likeness (QED) is 0.899. The van der Waals surface area contributed by atoms with E-state index in [0.29, 0.717) is 21.5 Å². The molecule has 1 heterocycles. The summed E-state index contributed by atoms with van der Waals surface area (Å²) in [6.45, 7) is 3.80. The summed E-state index contributed by atoms with van der Waals surface area (Å²) in [5.41, 5.74) is 1.45. The molecule has 2 aromatic rings. The molecular weight excluding hydrogens is 311 g/mol. The maximum absolute atomic E-state index is 11.7. The maximum Gasteiger partial charge on any atom is 0.327 e. The first kappa shape index (κ1) is 14.7. The van der Waals surface area contributed by atoms with E-state index >= 15 is 0 Å². The fourth-order valence-corrected chi connectivity index (χ4v) is 3.04. The molecule has 0 amide bonds. The van der Waals surface area contributed by atoms with E-state index in [4.69, 9.17) is 23.2 Å². The topological polar surface area (TPSA) is 55.1 Å². The van der Waals surface area contributed by atoms with Gasteiger partial charge < -0.3 is 9.67 Å². The highest BCUT2D eigenvalue weighted by atomic mass is 35.5. The van der Waals surface area contributed by atoms with E-state index in [1.54, 1.807) is 12.1 Å². The fraction of sp³-hybridized carbons (Fsp3) is 0.467. The molecule has 1 saturated carbocycles. The van der Waals surface area contributed by atoms with E-state index in [1.165, 1.54) is 0 Å². The number of fused-ring (bicyclic) bond motifs is 1. The Balaban J connectivity index is 2.29. The number of hydrogen-bond acceptors (Lipinski definition) is 2. The van der Waals surface area contributed by atoms with Gasteiger partial charge in [0.05, 0.1) is 21.1 Å². The van der Waals surface area contributed by atoms with Crippen molar-refractivity contribution in [2.24, 2.45) is 5.92 Å². The minimum atomic E-state index is -0.850. The van der Waals surface area contributed by atoms with Crippen molar-refractivity contribution >= 4 is 40.2 Å². The molecule has 21 heavy (non-hydrogen) atoms. The van der Waals surface area contributed by atoms with Crippen LogP contribution in [0, 0.1) is 5.92 Å². The van der Waals surface area contributed by atoms with Crippen molar-refractivity contribution in [2.75, 3.05) is 0 Å². The number of carboxylic acid groups (broad SMARTS) is 1. The Bertz CT molecular complexity index is 720. The van der Waals surface area contributed by atoms with Gasteiger partial charge in [-0.1, -0.05) is 37.0 Å². The molecule has 3 rings (SSSR count). The Labute approximate surface area is 132 Å². The van der Waals surface area contributed by atoms with Crippen molar-refractivity contribution in [1.29, 1.82) is 0 Å². The van der Waals surface area contributed by atoms with E-state index in [0.717, 1.165) is 24.2 Å². The lowest BCUT2D eigenvalue weighted by molar-refractivity contribution is -0.142. The normalized spacial score (nSPS) is 16.6. The van der Waals surface area contributed by atoms with Crippen molar-refractivity contribution in [3.63, 3.8) is 0 Å². The Morgan fingerprint density at radius 1 is 1.33 bits per heavy atom. The lowest BCUT2D eigenvalue weighted by atomic mass is 10.0. The standard InChI is InChI=1S/C15H16Cl2N2O2/c1-7(2)13(15(20)21)19-12-6-10(17)9(16)5-11(12)18-14(19)8-3-4-8/h5-8,13H,3-4H2,1-2H3,(H,20,21). The van der Waals surface area contributed by atoms with Gasteiger partial charge in [-0.25, -0.2) is 9.78 Å². The number of aliphatic carboxylic acids is 1. The largest absolute Gasteiger partial charge is 0.480 e. The SMILES string of the molecule is CC(C)C(C(=O)O)n1c(C2CC2)nc2cc(Cl)c(Cl)cc21. The average Bonchev–Trinajstić information content (AvgIpc) is 3.16. The molecule has 1 fully saturated rings. The van der Waals surface area contributed by atoms with E-state index in [1.807, 2.05) is 18.4 Å². The highest BCUT2D eigenvalue weighted by Gasteiger charge is 2.35. The summed E-state index contributed by atoms with van der Waals surface area (Å²) in [6, 6.07) is 2.78. The van der Waals surface area contributed by atoms with Gasteiger partial charge in [0.2, 0.25) is 0 Å². The van der Waals surface area contributed by atoms with Crippen LogP contribution in [-0.4, -0.2) is 20.6 Å². The summed E-state index contributed by atoms with van der Waals surface area (Å²) in [4.78, 5) is 16.3. The molecule has 0 bridgehead atoms. The van der Waals surface area contributed by atoms with Gasteiger partial charge in [-0.3, -0.25) is 0 Å². The molecular formula is C15H16Cl2N2O2. The zero-order chi connectivity index (χ0) is 15.3. The Morgan fingerprint density at radius 2 is 1.95 bits per heavy atom. The summed E-state index contributed by atoms with van der Waals surface area (Å²) in [6.07, 6.45) is 2.10. The molecule has 1 aromatic heterocycles. The number of rotatable bonds is 4. The van der Waals surface area contributed by atoms with Crippen LogP contribution in [0.25, 0.3) is 11.0 Å². The smallest absolute Gasteiger partial charge is 0.327 e. The Morgan fingerprint density at radius 3 is 2.48 bits per heavy atom. The van der Waals surface area contributed by atoms with Crippen LogP contribution in [0.15, 0.2) is 12.1 Å². The highest BCUT2D eigenvalue weighted by molar-refractivity contribution is 6.42. The third kappa shape index (κ3) is 2.51. The first-order valence-electron chi connectivity index (χ1n) is 6.99. The Kier molecular flexibility index (Phi) is 3.62. The van der Waals surface area contributed by atoms with Crippen molar-refractivity contribution < 1.29 is 9.90 Å². The van der Waals surface area contributed by atoms with Gasteiger partial charge in [-0.05, 0) is 30.9 Å². The van der Waals surface area contributed by atoms with E-state index < -0.39 is 12.0 Å². The van der Waals surface area contributed by atoms with E-state index in [9.17, 15) is 9.90 Å². The van der Waals surface area contributed by atoms with Gasteiger partial charge in [-0.2, -0.15) is 0 Å². The van der Waals surface area contributed by atoms with Crippen LogP contribution in [0.3, 0.4) is 0 Å². The van der Waals surface area contributed by atoms with Crippen LogP contribution in [0.4, 0.5) is 0 Å². The maximum atomic E-state index is 11.7. The Hall–Kier alpha value is -1.26. The first-order valence-corrected chi connectivity index (χ1v) is 7.75. The molecule has 1 aliphatic rings. The first-order chi connectivity index (χ1) is 9.90. The molecule has 1 N–H and O–H groups in total. The van der Waals surface area contributed by atoms with Crippen molar-refractivity contribution in [3.8, 4) is 0 Å². The minimum absolute atomic E-state index is 0.0492. The van der Waals surface area contributed by atoms with Crippen LogP contribution >= 0.6 is 23.2 Å². The predicted molar refractivity (Wildman–Crippen MR) is 83.2 cm³/mol. The van der Waals surface area contributed by atoms with Crippen LogP contribution in [0.2, 0.25) is 10.0 Å². The zero-order valence-corrected chi connectivity index (χ0v) is 13.3. The van der Waals surface area contributed by atoms with Crippen molar-refractivity contribution in [1.82, 2.24) is 9.55 Å². The predicted octanol–water partition coefficient (Wildman–Crippen LogP) is 4.50. The monoisotopic (exact) mass is 326 g/mol. The summed E-state index contributed by atoms with van der Waals surface area (Å²) in [7, 11) is 0. The van der Waals surface area contributed by atoms with Crippen LogP contribution in [0.5, 0.6) is 0 Å². The van der Waals surface area contributed by atoms with Gasteiger partial charge in [0, 0.05) is 5.92 Å². The summed E-state index contributed by atoms with van der Waals surface area (Å²) < 4.78 is 1.84. The lowest BCUT2D eigenvalue weighted by Gasteiger charge is -2.21. The van der Waals surface area contributed by atoms with Crippen LogP contribution in [0.1, 0.15) is 44.5 Å². The van der Waals surface area contributed by atoms with Gasteiger partial charge in [0.25, 0.3) is 0 Å². The number of halogens is 2. The third-order valence-corrected chi connectivity index (χ3v) is 4.59. The summed E-state index contributed by atoms with van der Waals surface area (Å²) >= 11 is 12.2. The van der Waals surface area contributed by atoms with Crippen LogP contribution < -0.4 is 0 Å². The van der Waals surface area contributed by atoms with Gasteiger partial charge in [0.1, 0.15) is 11.9 Å². The molecule has 0 saturated heterocycles. The molecule has 112 valence electrons. The molecule has 4 nitrogen and oxygen atoms in total. The number of nitrogens with zero attached hydrogens (tertiary/aromatic N) is 2. The number of carboxylic acids is 1. The van der Waals surface area contributed by atoms with Crippen molar-refractivity contribution in [3.05, 3.63) is 28.0 Å². The van der Waals surface area contributed by atoms with E-state index in [-0.39, 0.29) is 5.92 Å². The number of benzene rings is 1. The molecule has 1 atom stereocenters.